The Balaban J connectivity index is 2.36. The zero-order valence-corrected chi connectivity index (χ0v) is 11.3. The fourth-order valence-corrected chi connectivity index (χ4v) is 2.04. The van der Waals surface area contributed by atoms with E-state index in [-0.39, 0.29) is 11.6 Å². The third-order valence-electron chi connectivity index (χ3n) is 3.01. The lowest BCUT2D eigenvalue weighted by molar-refractivity contribution is -0.138. The van der Waals surface area contributed by atoms with Gasteiger partial charge in [0.25, 0.3) is 0 Å². The third-order valence-corrected chi connectivity index (χ3v) is 3.01. The maximum atomic E-state index is 12.9. The lowest BCUT2D eigenvalue weighted by atomic mass is 10.0. The summed E-state index contributed by atoms with van der Waals surface area (Å²) in [7, 11) is 0. The second-order valence-corrected chi connectivity index (χ2v) is 4.97. The number of halogens is 3. The number of nitrogens with two attached hydrogens (primary N) is 1. The summed E-state index contributed by atoms with van der Waals surface area (Å²) in [4.78, 5) is 0. The molecule has 1 unspecified atom stereocenters. The van der Waals surface area contributed by atoms with Gasteiger partial charge in [-0.05, 0) is 37.6 Å². The van der Waals surface area contributed by atoms with Gasteiger partial charge < -0.3 is 10.2 Å². The van der Waals surface area contributed by atoms with Crippen molar-refractivity contribution in [3.05, 3.63) is 47.2 Å². The molecule has 0 spiro atoms. The van der Waals surface area contributed by atoms with Crippen molar-refractivity contribution in [2.24, 2.45) is 5.73 Å². The summed E-state index contributed by atoms with van der Waals surface area (Å²) < 4.78 is 44.2. The molecule has 2 aromatic rings. The van der Waals surface area contributed by atoms with Crippen molar-refractivity contribution < 1.29 is 17.6 Å². The van der Waals surface area contributed by atoms with E-state index in [1.165, 1.54) is 13.0 Å². The monoisotopic (exact) mass is 283 g/mol. The summed E-state index contributed by atoms with van der Waals surface area (Å²) in [5, 5.41) is 0. The van der Waals surface area contributed by atoms with E-state index in [4.69, 9.17) is 10.2 Å². The molecule has 1 heterocycles. The molecule has 0 aliphatic rings. The van der Waals surface area contributed by atoms with Crippen LogP contribution < -0.4 is 5.73 Å². The number of hydrogen-bond donors (Lipinski definition) is 1. The average Bonchev–Trinajstić information content (AvgIpc) is 2.75. The predicted octanol–water partition coefficient (Wildman–Crippen LogP) is 4.16. The van der Waals surface area contributed by atoms with Crippen LogP contribution in [-0.4, -0.2) is 6.04 Å². The van der Waals surface area contributed by atoms with E-state index in [1.807, 2.05) is 6.92 Å². The molecule has 0 radical (unpaired) electrons. The molecular weight excluding hydrogens is 267 g/mol. The van der Waals surface area contributed by atoms with E-state index in [0.717, 1.165) is 6.07 Å². The van der Waals surface area contributed by atoms with Crippen LogP contribution in [0.15, 0.2) is 34.7 Å². The Morgan fingerprint density at radius 2 is 1.90 bits per heavy atom. The molecular formula is C15H16F3NO. The van der Waals surface area contributed by atoms with Gasteiger partial charge in [-0.15, -0.1) is 0 Å². The van der Waals surface area contributed by atoms with Gasteiger partial charge in [-0.1, -0.05) is 12.1 Å². The third kappa shape index (κ3) is 3.22. The van der Waals surface area contributed by atoms with E-state index >= 15 is 0 Å². The summed E-state index contributed by atoms with van der Waals surface area (Å²) in [6.45, 7) is 3.28. The van der Waals surface area contributed by atoms with Crippen LogP contribution in [0.2, 0.25) is 0 Å². The van der Waals surface area contributed by atoms with Gasteiger partial charge in [-0.2, -0.15) is 13.2 Å². The smallest absolute Gasteiger partial charge is 0.416 e. The molecule has 20 heavy (non-hydrogen) atoms. The Kier molecular flexibility index (Phi) is 3.90. The molecule has 0 saturated heterocycles. The van der Waals surface area contributed by atoms with Crippen LogP contribution in [0.4, 0.5) is 13.2 Å². The molecule has 0 aliphatic carbocycles. The molecule has 2 nitrogen and oxygen atoms in total. The first kappa shape index (κ1) is 14.7. The molecule has 0 fully saturated rings. The van der Waals surface area contributed by atoms with E-state index in [9.17, 15) is 13.2 Å². The van der Waals surface area contributed by atoms with Crippen molar-refractivity contribution in [2.75, 3.05) is 0 Å². The SMILES string of the molecule is Cc1ccc(-c2ccc(CC(C)N)o2)cc1C(F)(F)F. The maximum Gasteiger partial charge on any atom is 0.416 e. The summed E-state index contributed by atoms with van der Waals surface area (Å²) >= 11 is 0. The zero-order chi connectivity index (χ0) is 14.9. The molecule has 1 aromatic heterocycles. The summed E-state index contributed by atoms with van der Waals surface area (Å²) in [6, 6.07) is 7.54. The van der Waals surface area contributed by atoms with Crippen molar-refractivity contribution in [2.45, 2.75) is 32.5 Å². The molecule has 0 amide bonds. The highest BCUT2D eigenvalue weighted by molar-refractivity contribution is 5.60. The summed E-state index contributed by atoms with van der Waals surface area (Å²) in [6.07, 6.45) is -3.81. The van der Waals surface area contributed by atoms with Gasteiger partial charge in [-0.25, -0.2) is 0 Å². The van der Waals surface area contributed by atoms with E-state index in [0.29, 0.717) is 23.5 Å². The van der Waals surface area contributed by atoms with Gasteiger partial charge in [0.05, 0.1) is 5.56 Å². The first-order valence-corrected chi connectivity index (χ1v) is 6.30. The number of alkyl halides is 3. The van der Waals surface area contributed by atoms with Gasteiger partial charge in [0, 0.05) is 18.0 Å². The fourth-order valence-electron chi connectivity index (χ4n) is 2.04. The molecule has 0 saturated carbocycles. The van der Waals surface area contributed by atoms with Gasteiger partial charge in [0.2, 0.25) is 0 Å². The topological polar surface area (TPSA) is 39.2 Å². The fraction of sp³-hybridized carbons (Fsp3) is 0.333. The minimum absolute atomic E-state index is 0.0576. The Morgan fingerprint density at radius 1 is 1.20 bits per heavy atom. The maximum absolute atomic E-state index is 12.9. The van der Waals surface area contributed by atoms with Crippen LogP contribution in [0.1, 0.15) is 23.8 Å². The normalized spacial score (nSPS) is 13.5. The highest BCUT2D eigenvalue weighted by Crippen LogP contribution is 2.35. The number of rotatable bonds is 3. The molecule has 0 bridgehead atoms. The van der Waals surface area contributed by atoms with Crippen LogP contribution in [0.5, 0.6) is 0 Å². The van der Waals surface area contributed by atoms with Gasteiger partial charge in [0.1, 0.15) is 11.5 Å². The van der Waals surface area contributed by atoms with Crippen molar-refractivity contribution in [1.29, 1.82) is 0 Å². The molecule has 2 rings (SSSR count). The van der Waals surface area contributed by atoms with Crippen molar-refractivity contribution in [3.8, 4) is 11.3 Å². The van der Waals surface area contributed by atoms with Crippen molar-refractivity contribution in [3.63, 3.8) is 0 Å². The van der Waals surface area contributed by atoms with E-state index in [2.05, 4.69) is 0 Å². The predicted molar refractivity (Wildman–Crippen MR) is 71.2 cm³/mol. The van der Waals surface area contributed by atoms with E-state index < -0.39 is 11.7 Å². The summed E-state index contributed by atoms with van der Waals surface area (Å²) in [5.74, 6) is 1.09. The highest BCUT2D eigenvalue weighted by atomic mass is 19.4. The van der Waals surface area contributed by atoms with E-state index in [1.54, 1.807) is 18.2 Å². The zero-order valence-electron chi connectivity index (χ0n) is 11.3. The molecule has 5 heteroatoms. The first-order chi connectivity index (χ1) is 9.27. The van der Waals surface area contributed by atoms with Gasteiger partial charge in [0.15, 0.2) is 0 Å². The summed E-state index contributed by atoms with van der Waals surface area (Å²) in [5.41, 5.74) is 5.64. The lowest BCUT2D eigenvalue weighted by Gasteiger charge is -2.11. The van der Waals surface area contributed by atoms with Crippen molar-refractivity contribution in [1.82, 2.24) is 0 Å². The highest BCUT2D eigenvalue weighted by Gasteiger charge is 2.32. The number of benzene rings is 1. The second kappa shape index (κ2) is 5.32. The minimum Gasteiger partial charge on any atom is -0.461 e. The average molecular weight is 283 g/mol. The molecule has 1 aromatic carbocycles. The van der Waals surface area contributed by atoms with Crippen LogP contribution in [-0.2, 0) is 12.6 Å². The Hall–Kier alpha value is -1.75. The quantitative estimate of drug-likeness (QED) is 0.918. The number of hydrogen-bond acceptors (Lipinski definition) is 2. The number of aryl methyl sites for hydroxylation is 1. The lowest BCUT2D eigenvalue weighted by Crippen LogP contribution is -2.17. The van der Waals surface area contributed by atoms with Gasteiger partial charge in [-0.3, -0.25) is 0 Å². The number of furan rings is 1. The molecule has 0 aliphatic heterocycles. The first-order valence-electron chi connectivity index (χ1n) is 6.30. The second-order valence-electron chi connectivity index (χ2n) is 4.97. The molecule has 1 atom stereocenters. The van der Waals surface area contributed by atoms with Crippen LogP contribution in [0, 0.1) is 6.92 Å². The largest absolute Gasteiger partial charge is 0.461 e. The standard InChI is InChI=1S/C15H16F3NO/c1-9-3-4-11(8-13(9)15(16,17)18)14-6-5-12(20-14)7-10(2)19/h3-6,8,10H,7,19H2,1-2H3. The van der Waals surface area contributed by atoms with Gasteiger partial charge >= 0.3 is 6.18 Å². The Bertz CT molecular complexity index is 599. The Morgan fingerprint density at radius 3 is 2.50 bits per heavy atom. The van der Waals surface area contributed by atoms with Crippen LogP contribution >= 0.6 is 0 Å². The molecule has 2 N–H and O–H groups in total. The minimum atomic E-state index is -4.36. The van der Waals surface area contributed by atoms with Crippen LogP contribution in [0.3, 0.4) is 0 Å². The Labute approximate surface area is 115 Å². The van der Waals surface area contributed by atoms with Crippen molar-refractivity contribution >= 4 is 0 Å². The molecule has 108 valence electrons. The van der Waals surface area contributed by atoms with Crippen LogP contribution in [0.25, 0.3) is 11.3 Å².